The van der Waals surface area contributed by atoms with Gasteiger partial charge in [0.25, 0.3) is 0 Å². The molecule has 259 valence electrons. The van der Waals surface area contributed by atoms with Crippen molar-refractivity contribution in [1.29, 1.82) is 0 Å². The molecule has 0 bridgehead atoms. The van der Waals surface area contributed by atoms with Crippen LogP contribution in [0.4, 0.5) is 0 Å². The maximum Gasteiger partial charge on any atom is 0.216 e. The second-order valence-corrected chi connectivity index (χ2v) is 18.9. The van der Waals surface area contributed by atoms with E-state index in [1.807, 2.05) is 75.5 Å². The number of hydrogen-bond donors (Lipinski definition) is 0. The first-order valence-corrected chi connectivity index (χ1v) is 20.3. The molecule has 0 saturated heterocycles. The van der Waals surface area contributed by atoms with Gasteiger partial charge in [-0.15, -0.1) is 53.6 Å². The van der Waals surface area contributed by atoms with E-state index >= 15 is 0 Å². The van der Waals surface area contributed by atoms with E-state index in [1.165, 1.54) is 16.8 Å². The molecule has 0 aliphatic heterocycles. The second-order valence-electron chi connectivity index (χ2n) is 13.9. The van der Waals surface area contributed by atoms with Gasteiger partial charge in [-0.2, -0.15) is 0 Å². The number of benzene rings is 4. The van der Waals surface area contributed by atoms with E-state index in [0.717, 1.165) is 67.8 Å². The predicted octanol–water partition coefficient (Wildman–Crippen LogP) is 10.7. The Morgan fingerprint density at radius 3 is 2.41 bits per heavy atom. The monoisotopic (exact) mass is 867 g/mol. The largest absolute Gasteiger partial charge is 0.486 e. The van der Waals surface area contributed by atoms with Crippen LogP contribution in [0.1, 0.15) is 47.6 Å². The molecule has 0 atom stereocenters. The molecule has 0 aliphatic carbocycles. The van der Waals surface area contributed by atoms with Gasteiger partial charge in [-0.1, -0.05) is 105 Å². The number of imidazole rings is 1. The summed E-state index contributed by atoms with van der Waals surface area (Å²) in [5.41, 5.74) is 9.21. The van der Waals surface area contributed by atoms with Gasteiger partial charge < -0.3 is 14.0 Å². The number of rotatable bonds is 6. The quantitative estimate of drug-likeness (QED) is 0.123. The summed E-state index contributed by atoms with van der Waals surface area (Å²) in [5.74, 6) is 0.132. The third kappa shape index (κ3) is 7.52. The van der Waals surface area contributed by atoms with Crippen molar-refractivity contribution in [1.82, 2.24) is 19.5 Å². The summed E-state index contributed by atoms with van der Waals surface area (Å²) in [4.78, 5) is 14.1. The Kier molecular flexibility index (Phi) is 9.07. The van der Waals surface area contributed by atoms with Crippen molar-refractivity contribution in [3.05, 3.63) is 144 Å². The number of para-hydroxylation sites is 2. The summed E-state index contributed by atoms with van der Waals surface area (Å²) in [6, 6.07) is 39.9. The fourth-order valence-corrected chi connectivity index (χ4v) is 7.85. The maximum absolute atomic E-state index is 8.48. The fraction of sp³-hybridized carbons (Fsp3) is 0.205. The van der Waals surface area contributed by atoms with Crippen molar-refractivity contribution in [3.8, 4) is 22.6 Å². The molecule has 0 aliphatic rings. The van der Waals surface area contributed by atoms with E-state index in [2.05, 4.69) is 82.7 Å². The summed E-state index contributed by atoms with van der Waals surface area (Å²) in [6.07, 6.45) is 1.89. The molecule has 0 spiro atoms. The SMILES string of the molecule is Cc1ccc2c(n1)oc1c(-c3nc4ccccc4n3Cc3ccccc3)[c-]ccc12.[2H]C([2H])([2H])c1c[c-]c(-c2cc(C([2H])(C)C)c([Si](C)(C)C)cn2)cc1.[Ir]. The van der Waals surface area contributed by atoms with Gasteiger partial charge in [0.1, 0.15) is 0 Å². The average Bonchev–Trinajstić information content (AvgIpc) is 3.69. The summed E-state index contributed by atoms with van der Waals surface area (Å²) >= 11 is 0. The molecule has 0 amide bonds. The minimum Gasteiger partial charge on any atom is -0.486 e. The number of nitrogens with zero attached hydrogens (tertiary/aromatic N) is 4. The number of aryl methyl sites for hydroxylation is 2. The molecule has 4 heterocycles. The van der Waals surface area contributed by atoms with Crippen LogP contribution in [0, 0.1) is 25.9 Å². The zero-order valence-corrected chi connectivity index (χ0v) is 33.0. The van der Waals surface area contributed by atoms with Crippen LogP contribution in [0.2, 0.25) is 19.6 Å². The first-order valence-electron chi connectivity index (χ1n) is 18.8. The number of aromatic nitrogens is 4. The van der Waals surface area contributed by atoms with Crippen LogP contribution < -0.4 is 5.19 Å². The summed E-state index contributed by atoms with van der Waals surface area (Å²) in [7, 11) is -1.61. The van der Waals surface area contributed by atoms with Crippen molar-refractivity contribution in [3.63, 3.8) is 0 Å². The molecule has 4 aromatic heterocycles. The molecule has 0 saturated carbocycles. The third-order valence-electron chi connectivity index (χ3n) is 8.84. The first kappa shape index (κ1) is 31.1. The van der Waals surface area contributed by atoms with E-state index in [1.54, 1.807) is 12.1 Å². The molecular formula is C44H42IrN4OSi-2. The van der Waals surface area contributed by atoms with Crippen molar-refractivity contribution < 1.29 is 30.0 Å². The van der Waals surface area contributed by atoms with Crippen molar-refractivity contribution in [2.75, 3.05) is 0 Å². The summed E-state index contributed by atoms with van der Waals surface area (Å²) in [5, 5.41) is 3.23. The topological polar surface area (TPSA) is 56.7 Å². The number of hydrogen-bond acceptors (Lipinski definition) is 4. The van der Waals surface area contributed by atoms with Crippen molar-refractivity contribution in [2.45, 2.75) is 59.7 Å². The molecule has 0 unspecified atom stereocenters. The van der Waals surface area contributed by atoms with E-state index in [-0.39, 0.29) is 25.7 Å². The van der Waals surface area contributed by atoms with Crippen LogP contribution in [0.3, 0.4) is 0 Å². The van der Waals surface area contributed by atoms with Crippen molar-refractivity contribution >= 4 is 46.4 Å². The molecule has 8 rings (SSSR count). The second kappa shape index (κ2) is 14.9. The van der Waals surface area contributed by atoms with Gasteiger partial charge in [0.15, 0.2) is 0 Å². The summed E-state index contributed by atoms with van der Waals surface area (Å²) in [6.45, 7) is 11.1. The van der Waals surface area contributed by atoms with Crippen LogP contribution in [0.15, 0.2) is 114 Å². The maximum atomic E-state index is 8.48. The van der Waals surface area contributed by atoms with Crippen LogP contribution in [-0.4, -0.2) is 27.6 Å². The molecule has 5 nitrogen and oxygen atoms in total. The predicted molar refractivity (Wildman–Crippen MR) is 210 cm³/mol. The number of pyridine rings is 2. The minimum absolute atomic E-state index is 0. The Morgan fingerprint density at radius 2 is 1.69 bits per heavy atom. The van der Waals surface area contributed by atoms with E-state index in [9.17, 15) is 0 Å². The van der Waals surface area contributed by atoms with Gasteiger partial charge in [0.05, 0.1) is 30.5 Å². The van der Waals surface area contributed by atoms with E-state index in [4.69, 9.17) is 14.9 Å². The molecule has 1 radical (unpaired) electrons. The van der Waals surface area contributed by atoms with Crippen molar-refractivity contribution in [2.24, 2.45) is 0 Å². The van der Waals surface area contributed by atoms with Crippen LogP contribution in [-0.2, 0) is 26.7 Å². The zero-order chi connectivity index (χ0) is 38.4. The van der Waals surface area contributed by atoms with Crippen LogP contribution in [0.5, 0.6) is 0 Å². The summed E-state index contributed by atoms with van der Waals surface area (Å²) < 4.78 is 39.3. The van der Waals surface area contributed by atoms with Gasteiger partial charge >= 0.3 is 0 Å². The van der Waals surface area contributed by atoms with Gasteiger partial charge in [-0.3, -0.25) is 4.98 Å². The molecule has 7 heteroatoms. The molecule has 0 N–H and O–H groups in total. The standard InChI is InChI=1S/C26H18N3O.C18H24NSi.Ir/c1-17-14-15-20-19-10-7-11-21(24(19)30-26(20)27-17)25-28-22-12-5-6-13-23(22)29(25)16-18-8-3-2-4-9-18;1-13(2)16-11-17(15-9-7-14(3)8-10-15)19-12-18(16)20(4,5)6;/h2-10,12-15H,16H2,1H3;7-9,11-13H,1-6H3;/q2*-1;/i;3D3,13D;. The Hall–Kier alpha value is -4.68. The first-order chi connectivity index (χ1) is 25.6. The molecule has 0 fully saturated rings. The van der Waals surface area contributed by atoms with Gasteiger partial charge in [0, 0.05) is 49.4 Å². The Bertz CT molecular complexity index is 2610. The van der Waals surface area contributed by atoms with Gasteiger partial charge in [-0.25, -0.2) is 4.98 Å². The fourth-order valence-electron chi connectivity index (χ4n) is 6.27. The molecule has 4 aromatic carbocycles. The van der Waals surface area contributed by atoms with Crippen LogP contribution in [0.25, 0.3) is 55.7 Å². The third-order valence-corrected chi connectivity index (χ3v) is 10.9. The molecular weight excluding hydrogens is 821 g/mol. The zero-order valence-electron chi connectivity index (χ0n) is 33.6. The van der Waals surface area contributed by atoms with Gasteiger partial charge in [-0.05, 0) is 53.5 Å². The minimum atomic E-state index is -2.13. The average molecular weight is 867 g/mol. The number of furan rings is 1. The Morgan fingerprint density at radius 1 is 0.902 bits per heavy atom. The molecule has 51 heavy (non-hydrogen) atoms. The van der Waals surface area contributed by atoms with E-state index < -0.39 is 20.8 Å². The Balaban J connectivity index is 0.000000189. The van der Waals surface area contributed by atoms with Crippen LogP contribution >= 0.6 is 0 Å². The normalized spacial score (nSPS) is 13.1. The van der Waals surface area contributed by atoms with Gasteiger partial charge in [0.2, 0.25) is 5.71 Å². The smallest absolute Gasteiger partial charge is 0.216 e. The van der Waals surface area contributed by atoms with E-state index in [0.29, 0.717) is 5.71 Å². The molecule has 8 aromatic rings. The Labute approximate surface area is 320 Å². The number of fused-ring (bicyclic) bond motifs is 4.